The minimum Gasteiger partial charge on any atom is -0.342 e. The smallest absolute Gasteiger partial charge is 0.245 e. The van der Waals surface area contributed by atoms with Gasteiger partial charge in [0.25, 0.3) is 0 Å². The number of benzene rings is 1. The van der Waals surface area contributed by atoms with Crippen molar-refractivity contribution in [1.29, 1.82) is 0 Å². The number of fused-ring (bicyclic) bond motifs is 1. The third kappa shape index (κ3) is 4.07. The second-order valence-electron chi connectivity index (χ2n) is 8.72. The van der Waals surface area contributed by atoms with E-state index in [1.54, 1.807) is 11.0 Å². The Morgan fingerprint density at radius 3 is 2.79 bits per heavy atom. The van der Waals surface area contributed by atoms with Crippen LogP contribution in [0.3, 0.4) is 0 Å². The van der Waals surface area contributed by atoms with Gasteiger partial charge < -0.3 is 15.5 Å². The van der Waals surface area contributed by atoms with Gasteiger partial charge in [0.05, 0.1) is 0 Å². The molecule has 28 heavy (non-hydrogen) atoms. The van der Waals surface area contributed by atoms with Gasteiger partial charge in [-0.15, -0.1) is 0 Å². The number of halogens is 1. The largest absolute Gasteiger partial charge is 0.342 e. The van der Waals surface area contributed by atoms with Crippen LogP contribution in [0.4, 0.5) is 4.39 Å². The summed E-state index contributed by atoms with van der Waals surface area (Å²) in [7, 11) is 0. The number of aryl methyl sites for hydroxylation is 1. The molecule has 3 atom stereocenters. The van der Waals surface area contributed by atoms with E-state index in [0.717, 1.165) is 24.8 Å². The highest BCUT2D eigenvalue weighted by Gasteiger charge is 2.46. The molecule has 3 fully saturated rings. The van der Waals surface area contributed by atoms with Crippen molar-refractivity contribution in [1.82, 2.24) is 15.5 Å². The molecule has 5 nitrogen and oxygen atoms in total. The van der Waals surface area contributed by atoms with Crippen LogP contribution in [0, 0.1) is 18.7 Å². The average Bonchev–Trinajstić information content (AvgIpc) is 3.13. The maximum Gasteiger partial charge on any atom is 0.245 e. The number of carbonyl (C=O) groups is 2. The Bertz CT molecular complexity index is 747. The number of hydrogen-bond acceptors (Lipinski definition) is 3. The molecule has 0 spiro atoms. The van der Waals surface area contributed by atoms with Crippen molar-refractivity contribution in [2.75, 3.05) is 6.54 Å². The first-order chi connectivity index (χ1) is 13.5. The highest BCUT2D eigenvalue weighted by molar-refractivity contribution is 5.97. The molecule has 0 bridgehead atoms. The highest BCUT2D eigenvalue weighted by atomic mass is 19.1. The topological polar surface area (TPSA) is 61.4 Å². The molecule has 0 aromatic heterocycles. The van der Waals surface area contributed by atoms with E-state index in [2.05, 4.69) is 10.6 Å². The zero-order chi connectivity index (χ0) is 19.7. The fraction of sp³-hybridized carbons (Fsp3) is 0.636. The molecule has 0 unspecified atom stereocenters. The first-order valence-corrected chi connectivity index (χ1v) is 10.6. The molecule has 2 saturated heterocycles. The molecule has 2 aliphatic heterocycles. The second-order valence-corrected chi connectivity index (χ2v) is 8.72. The lowest BCUT2D eigenvalue weighted by atomic mass is 9.84. The molecule has 2 N–H and O–H groups in total. The van der Waals surface area contributed by atoms with Crippen molar-refractivity contribution in [2.24, 2.45) is 5.92 Å². The minimum absolute atomic E-state index is 0.00745. The Morgan fingerprint density at radius 1 is 1.21 bits per heavy atom. The maximum atomic E-state index is 14.0. The van der Waals surface area contributed by atoms with Gasteiger partial charge in [-0.25, -0.2) is 4.39 Å². The Kier molecular flexibility index (Phi) is 5.67. The van der Waals surface area contributed by atoms with E-state index in [4.69, 9.17) is 0 Å². The summed E-state index contributed by atoms with van der Waals surface area (Å²) in [5.74, 6) is 0.336. The monoisotopic (exact) mass is 387 g/mol. The summed E-state index contributed by atoms with van der Waals surface area (Å²) in [5.41, 5.74) is 1.64. The molecular formula is C22H30FN3O2. The summed E-state index contributed by atoms with van der Waals surface area (Å²) < 4.78 is 14.0. The van der Waals surface area contributed by atoms with E-state index < -0.39 is 6.04 Å². The number of rotatable bonds is 5. The Hall–Kier alpha value is -1.95. The van der Waals surface area contributed by atoms with Gasteiger partial charge in [-0.1, -0.05) is 49.8 Å². The lowest BCUT2D eigenvalue weighted by Gasteiger charge is -2.36. The summed E-state index contributed by atoms with van der Waals surface area (Å²) in [6.45, 7) is 2.86. The van der Waals surface area contributed by atoms with Crippen LogP contribution in [0.2, 0.25) is 0 Å². The second kappa shape index (κ2) is 8.19. The molecule has 2 heterocycles. The van der Waals surface area contributed by atoms with E-state index >= 15 is 0 Å². The minimum atomic E-state index is -0.394. The van der Waals surface area contributed by atoms with Crippen LogP contribution >= 0.6 is 0 Å². The van der Waals surface area contributed by atoms with E-state index in [-0.39, 0.29) is 29.7 Å². The van der Waals surface area contributed by atoms with Gasteiger partial charge in [-0.2, -0.15) is 0 Å². The number of amides is 2. The van der Waals surface area contributed by atoms with Crippen LogP contribution in [0.25, 0.3) is 0 Å². The van der Waals surface area contributed by atoms with Crippen molar-refractivity contribution in [3.8, 4) is 0 Å². The van der Waals surface area contributed by atoms with Crippen molar-refractivity contribution in [3.05, 3.63) is 35.1 Å². The summed E-state index contributed by atoms with van der Waals surface area (Å²) in [6, 6.07) is 4.31. The van der Waals surface area contributed by atoms with Crippen LogP contribution in [0.1, 0.15) is 56.1 Å². The molecule has 1 saturated carbocycles. The molecule has 152 valence electrons. The standard InChI is InChI=1S/C22H30FN3O2/c1-14-7-8-18(23)16(9-14)12-24-17-11-20-21(27)25-19(22(28)26(20)13-17)10-15-5-3-2-4-6-15/h7-9,15,17,19-20,24H,2-6,10-13H2,1H3,(H,25,27)/t17-,19-,20-/m0/s1. The third-order valence-electron chi connectivity index (χ3n) is 6.58. The van der Waals surface area contributed by atoms with E-state index in [9.17, 15) is 14.0 Å². The molecule has 6 heteroatoms. The van der Waals surface area contributed by atoms with Crippen LogP contribution < -0.4 is 10.6 Å². The number of carbonyl (C=O) groups excluding carboxylic acids is 2. The van der Waals surface area contributed by atoms with Crippen molar-refractivity contribution >= 4 is 11.8 Å². The lowest BCUT2D eigenvalue weighted by Crippen LogP contribution is -2.61. The van der Waals surface area contributed by atoms with Crippen molar-refractivity contribution in [3.63, 3.8) is 0 Å². The van der Waals surface area contributed by atoms with E-state index in [1.807, 2.05) is 13.0 Å². The van der Waals surface area contributed by atoms with Crippen LogP contribution in [0.15, 0.2) is 18.2 Å². The fourth-order valence-corrected chi connectivity index (χ4v) is 5.02. The first kappa shape index (κ1) is 19.4. The fourth-order valence-electron chi connectivity index (χ4n) is 5.02. The quantitative estimate of drug-likeness (QED) is 0.817. The number of nitrogens with zero attached hydrogens (tertiary/aromatic N) is 1. The number of piperazine rings is 1. The van der Waals surface area contributed by atoms with Gasteiger partial charge in [-0.3, -0.25) is 9.59 Å². The summed E-state index contributed by atoms with van der Waals surface area (Å²) in [4.78, 5) is 27.3. The van der Waals surface area contributed by atoms with Crippen LogP contribution in [0.5, 0.6) is 0 Å². The maximum absolute atomic E-state index is 14.0. The molecule has 4 rings (SSSR count). The predicted molar refractivity (Wildman–Crippen MR) is 105 cm³/mol. The SMILES string of the molecule is Cc1ccc(F)c(CN[C@H]2C[C@H]3C(=O)N[C@@H](CC4CCCCC4)C(=O)N3C2)c1. The van der Waals surface area contributed by atoms with Crippen LogP contribution in [-0.2, 0) is 16.1 Å². The third-order valence-corrected chi connectivity index (χ3v) is 6.58. The van der Waals surface area contributed by atoms with Crippen molar-refractivity contribution in [2.45, 2.75) is 76.5 Å². The van der Waals surface area contributed by atoms with Gasteiger partial charge in [0.1, 0.15) is 17.9 Å². The highest BCUT2D eigenvalue weighted by Crippen LogP contribution is 2.30. The molecule has 2 amide bonds. The van der Waals surface area contributed by atoms with Gasteiger partial charge >= 0.3 is 0 Å². The Morgan fingerprint density at radius 2 is 2.00 bits per heavy atom. The van der Waals surface area contributed by atoms with Gasteiger partial charge in [0.2, 0.25) is 11.8 Å². The molecular weight excluding hydrogens is 357 g/mol. The van der Waals surface area contributed by atoms with Gasteiger partial charge in [-0.05, 0) is 31.7 Å². The lowest BCUT2D eigenvalue weighted by molar-refractivity contribution is -0.147. The Balaban J connectivity index is 1.36. The zero-order valence-corrected chi connectivity index (χ0v) is 16.5. The van der Waals surface area contributed by atoms with Crippen molar-refractivity contribution < 1.29 is 14.0 Å². The van der Waals surface area contributed by atoms with Gasteiger partial charge in [0.15, 0.2) is 0 Å². The summed E-state index contributed by atoms with van der Waals surface area (Å²) in [6.07, 6.45) is 7.41. The molecule has 3 aliphatic rings. The summed E-state index contributed by atoms with van der Waals surface area (Å²) in [5, 5.41) is 6.32. The Labute approximate surface area is 166 Å². The molecule has 1 aromatic rings. The summed E-state index contributed by atoms with van der Waals surface area (Å²) >= 11 is 0. The number of hydrogen-bond donors (Lipinski definition) is 2. The average molecular weight is 387 g/mol. The first-order valence-electron chi connectivity index (χ1n) is 10.6. The molecule has 0 radical (unpaired) electrons. The zero-order valence-electron chi connectivity index (χ0n) is 16.5. The predicted octanol–water partition coefficient (Wildman–Crippen LogP) is 2.66. The van der Waals surface area contributed by atoms with Crippen LogP contribution in [-0.4, -0.2) is 41.4 Å². The normalized spacial score (nSPS) is 28.4. The number of nitrogens with one attached hydrogen (secondary N) is 2. The molecule has 1 aliphatic carbocycles. The van der Waals surface area contributed by atoms with E-state index in [0.29, 0.717) is 31.0 Å². The van der Waals surface area contributed by atoms with Gasteiger partial charge in [0, 0.05) is 24.7 Å². The van der Waals surface area contributed by atoms with E-state index in [1.165, 1.54) is 25.3 Å². The molecule has 1 aromatic carbocycles.